The van der Waals surface area contributed by atoms with Crippen molar-refractivity contribution in [2.75, 3.05) is 45.8 Å². The van der Waals surface area contributed by atoms with Crippen LogP contribution in [0.1, 0.15) is 19.3 Å². The Morgan fingerprint density at radius 1 is 0.889 bits per heavy atom. The lowest BCUT2D eigenvalue weighted by Crippen LogP contribution is -2.53. The molecule has 0 atom stereocenters. The minimum absolute atomic E-state index is 0.0755. The summed E-state index contributed by atoms with van der Waals surface area (Å²) in [6.07, 6.45) is 2.40. The van der Waals surface area contributed by atoms with Gasteiger partial charge < -0.3 is 15.1 Å². The molecule has 0 saturated carbocycles. The fourth-order valence-electron chi connectivity index (χ4n) is 3.39. The van der Waals surface area contributed by atoms with Crippen molar-refractivity contribution in [3.8, 4) is 0 Å². The zero-order valence-corrected chi connectivity index (χ0v) is 16.2. The van der Waals surface area contributed by atoms with E-state index in [9.17, 15) is 18.0 Å². The number of sulfonamides is 1. The van der Waals surface area contributed by atoms with Gasteiger partial charge in [-0.05, 0) is 25.0 Å². The van der Waals surface area contributed by atoms with Crippen LogP contribution >= 0.6 is 0 Å². The number of carbonyl (C=O) groups excluding carboxylic acids is 2. The third kappa shape index (κ3) is 4.78. The minimum atomic E-state index is -3.52. The summed E-state index contributed by atoms with van der Waals surface area (Å²) >= 11 is 0. The largest absolute Gasteiger partial charge is 0.343 e. The van der Waals surface area contributed by atoms with Gasteiger partial charge >= 0.3 is 6.03 Å². The summed E-state index contributed by atoms with van der Waals surface area (Å²) in [6, 6.07) is 8.06. The van der Waals surface area contributed by atoms with Gasteiger partial charge in [0, 0.05) is 52.2 Å². The van der Waals surface area contributed by atoms with Crippen LogP contribution in [0.4, 0.5) is 4.79 Å². The maximum Gasteiger partial charge on any atom is 0.317 e. The monoisotopic (exact) mass is 394 g/mol. The van der Waals surface area contributed by atoms with Crippen molar-refractivity contribution in [2.45, 2.75) is 24.2 Å². The van der Waals surface area contributed by atoms with Crippen molar-refractivity contribution in [3.63, 3.8) is 0 Å². The molecule has 9 heteroatoms. The SMILES string of the molecule is O=C(CCNC(=O)N1CCN(S(=O)(=O)c2ccccc2)CC1)N1CCCC1. The molecule has 27 heavy (non-hydrogen) atoms. The second-order valence-electron chi connectivity index (χ2n) is 6.77. The van der Waals surface area contributed by atoms with Gasteiger partial charge in [-0.15, -0.1) is 0 Å². The Hall–Kier alpha value is -2.13. The molecule has 0 radical (unpaired) electrons. The predicted octanol–water partition coefficient (Wildman–Crippen LogP) is 0.715. The molecular weight excluding hydrogens is 368 g/mol. The summed E-state index contributed by atoms with van der Waals surface area (Å²) in [5, 5.41) is 2.76. The third-order valence-corrected chi connectivity index (χ3v) is 6.89. The molecule has 8 nitrogen and oxygen atoms in total. The fourth-order valence-corrected chi connectivity index (χ4v) is 4.83. The van der Waals surface area contributed by atoms with Crippen LogP contribution in [-0.4, -0.2) is 80.3 Å². The number of amides is 3. The number of rotatable bonds is 5. The zero-order chi connectivity index (χ0) is 19.3. The first-order valence-electron chi connectivity index (χ1n) is 9.34. The minimum Gasteiger partial charge on any atom is -0.343 e. The van der Waals surface area contributed by atoms with Gasteiger partial charge in [0.25, 0.3) is 0 Å². The number of nitrogens with one attached hydrogen (secondary N) is 1. The molecule has 1 aromatic carbocycles. The molecule has 148 valence electrons. The Bertz CT molecular complexity index is 755. The Kier molecular flexibility index (Phi) is 6.33. The van der Waals surface area contributed by atoms with Crippen molar-refractivity contribution in [1.82, 2.24) is 19.4 Å². The average molecular weight is 394 g/mol. The lowest BCUT2D eigenvalue weighted by atomic mass is 10.3. The summed E-state index contributed by atoms with van der Waals surface area (Å²) in [7, 11) is -3.52. The molecule has 0 bridgehead atoms. The number of urea groups is 1. The molecular formula is C18H26N4O4S. The van der Waals surface area contributed by atoms with Crippen molar-refractivity contribution >= 4 is 22.0 Å². The number of benzene rings is 1. The molecule has 0 aromatic heterocycles. The number of nitrogens with zero attached hydrogens (tertiary/aromatic N) is 3. The highest BCUT2D eigenvalue weighted by Crippen LogP contribution is 2.17. The molecule has 2 fully saturated rings. The summed E-state index contributed by atoms with van der Waals surface area (Å²) in [5.74, 6) is 0.0755. The smallest absolute Gasteiger partial charge is 0.317 e. The highest BCUT2D eigenvalue weighted by atomic mass is 32.2. The number of hydrogen-bond acceptors (Lipinski definition) is 4. The highest BCUT2D eigenvalue weighted by Gasteiger charge is 2.30. The molecule has 2 saturated heterocycles. The first-order chi connectivity index (χ1) is 13.0. The predicted molar refractivity (Wildman–Crippen MR) is 101 cm³/mol. The van der Waals surface area contributed by atoms with Gasteiger partial charge in [-0.2, -0.15) is 4.31 Å². The number of carbonyl (C=O) groups is 2. The summed E-state index contributed by atoms with van der Waals surface area (Å²) in [4.78, 5) is 27.9. The van der Waals surface area contributed by atoms with Crippen LogP contribution in [0.5, 0.6) is 0 Å². The first-order valence-corrected chi connectivity index (χ1v) is 10.8. The van der Waals surface area contributed by atoms with Crippen molar-refractivity contribution in [3.05, 3.63) is 30.3 Å². The van der Waals surface area contributed by atoms with Gasteiger partial charge in [0.05, 0.1) is 4.90 Å². The van der Waals surface area contributed by atoms with E-state index < -0.39 is 10.0 Å². The average Bonchev–Trinajstić information content (AvgIpc) is 3.23. The van der Waals surface area contributed by atoms with E-state index in [2.05, 4.69) is 5.32 Å². The third-order valence-electron chi connectivity index (χ3n) is 4.98. The molecule has 3 rings (SSSR count). The number of piperazine rings is 1. The zero-order valence-electron chi connectivity index (χ0n) is 15.3. The van der Waals surface area contributed by atoms with Gasteiger partial charge in [0.2, 0.25) is 15.9 Å². The van der Waals surface area contributed by atoms with Gasteiger partial charge in [-0.3, -0.25) is 4.79 Å². The van der Waals surface area contributed by atoms with Crippen LogP contribution < -0.4 is 5.32 Å². The van der Waals surface area contributed by atoms with Crippen LogP contribution in [0.3, 0.4) is 0 Å². The Labute approximate surface area is 160 Å². The normalized spacial score (nSPS) is 18.5. The standard InChI is InChI=1S/C18H26N4O4S/c23-17(20-10-4-5-11-20)8-9-19-18(24)21-12-14-22(15-13-21)27(25,26)16-6-2-1-3-7-16/h1-3,6-7H,4-5,8-15H2,(H,19,24). The molecule has 0 spiro atoms. The molecule has 3 amide bonds. The highest BCUT2D eigenvalue weighted by molar-refractivity contribution is 7.89. The van der Waals surface area contributed by atoms with E-state index in [4.69, 9.17) is 0 Å². The van der Waals surface area contributed by atoms with Crippen LogP contribution in [0, 0.1) is 0 Å². The summed E-state index contributed by atoms with van der Waals surface area (Å²) in [5.41, 5.74) is 0. The lowest BCUT2D eigenvalue weighted by molar-refractivity contribution is -0.129. The Morgan fingerprint density at radius 2 is 1.52 bits per heavy atom. The molecule has 0 unspecified atom stereocenters. The molecule has 1 N–H and O–H groups in total. The molecule has 2 aliphatic rings. The van der Waals surface area contributed by atoms with Crippen molar-refractivity contribution in [1.29, 1.82) is 0 Å². The van der Waals surface area contributed by atoms with E-state index in [1.807, 2.05) is 4.90 Å². The maximum atomic E-state index is 12.6. The maximum absolute atomic E-state index is 12.6. The van der Waals surface area contributed by atoms with Crippen LogP contribution in [0.2, 0.25) is 0 Å². The van der Waals surface area contributed by atoms with Gasteiger partial charge in [-0.1, -0.05) is 18.2 Å². The van der Waals surface area contributed by atoms with Crippen LogP contribution in [0.25, 0.3) is 0 Å². The second-order valence-corrected chi connectivity index (χ2v) is 8.71. The van der Waals surface area contributed by atoms with Gasteiger partial charge in [-0.25, -0.2) is 13.2 Å². The topological polar surface area (TPSA) is 90.0 Å². The second kappa shape index (κ2) is 8.71. The molecule has 0 aliphatic carbocycles. The van der Waals surface area contributed by atoms with E-state index in [1.165, 1.54) is 4.31 Å². The van der Waals surface area contributed by atoms with Crippen molar-refractivity contribution in [2.24, 2.45) is 0 Å². The molecule has 2 heterocycles. The number of likely N-dealkylation sites (tertiary alicyclic amines) is 1. The van der Waals surface area contributed by atoms with E-state index in [1.54, 1.807) is 35.2 Å². The first kappa shape index (κ1) is 19.6. The Balaban J connectivity index is 1.43. The lowest BCUT2D eigenvalue weighted by Gasteiger charge is -2.34. The van der Waals surface area contributed by atoms with Crippen LogP contribution in [0.15, 0.2) is 35.2 Å². The summed E-state index contributed by atoms with van der Waals surface area (Å²) in [6.45, 7) is 3.11. The van der Waals surface area contributed by atoms with E-state index >= 15 is 0 Å². The Morgan fingerprint density at radius 3 is 2.15 bits per heavy atom. The number of hydrogen-bond donors (Lipinski definition) is 1. The van der Waals surface area contributed by atoms with Crippen LogP contribution in [-0.2, 0) is 14.8 Å². The quantitative estimate of drug-likeness (QED) is 0.797. The van der Waals surface area contributed by atoms with Crippen molar-refractivity contribution < 1.29 is 18.0 Å². The fraction of sp³-hybridized carbons (Fsp3) is 0.556. The van der Waals surface area contributed by atoms with E-state index in [0.717, 1.165) is 25.9 Å². The molecule has 1 aromatic rings. The van der Waals surface area contributed by atoms with E-state index in [0.29, 0.717) is 26.1 Å². The summed E-state index contributed by atoms with van der Waals surface area (Å²) < 4.78 is 26.6. The van der Waals surface area contributed by atoms with E-state index in [-0.39, 0.29) is 29.9 Å². The van der Waals surface area contributed by atoms with Gasteiger partial charge in [0.15, 0.2) is 0 Å². The van der Waals surface area contributed by atoms with Gasteiger partial charge in [0.1, 0.15) is 0 Å². The molecule has 2 aliphatic heterocycles.